The minimum Gasteiger partial charge on any atom is -0.389 e. The van der Waals surface area contributed by atoms with E-state index >= 15 is 0 Å². The Labute approximate surface area is 121 Å². The lowest BCUT2D eigenvalue weighted by Crippen LogP contribution is -2.08. The second kappa shape index (κ2) is 5.57. The highest BCUT2D eigenvalue weighted by atomic mass is 35.5. The van der Waals surface area contributed by atoms with Crippen molar-refractivity contribution in [1.82, 2.24) is 0 Å². The van der Waals surface area contributed by atoms with Crippen molar-refractivity contribution >= 4 is 51.8 Å². The fraction of sp³-hybridized carbons (Fsp3) is 0. The third-order valence-electron chi connectivity index (χ3n) is 2.40. The third-order valence-corrected chi connectivity index (χ3v) is 3.45. The van der Waals surface area contributed by atoms with Crippen LogP contribution in [0.25, 0.3) is 0 Å². The van der Waals surface area contributed by atoms with Gasteiger partial charge in [0.15, 0.2) is 0 Å². The Balaban J connectivity index is 2.24. The summed E-state index contributed by atoms with van der Waals surface area (Å²) in [6.45, 7) is 0. The minimum atomic E-state index is 0.377. The Morgan fingerprint density at radius 1 is 1.06 bits per heavy atom. The summed E-state index contributed by atoms with van der Waals surface area (Å²) in [7, 11) is 0. The van der Waals surface area contributed by atoms with E-state index in [0.29, 0.717) is 15.0 Å². The number of nitrogens with two attached hydrogens (primary N) is 1. The van der Waals surface area contributed by atoms with Crippen molar-refractivity contribution in [2.75, 3.05) is 5.32 Å². The molecule has 3 N–H and O–H groups in total. The van der Waals surface area contributed by atoms with Gasteiger partial charge in [-0.2, -0.15) is 0 Å². The maximum absolute atomic E-state index is 6.09. The van der Waals surface area contributed by atoms with Crippen molar-refractivity contribution in [2.24, 2.45) is 5.73 Å². The van der Waals surface area contributed by atoms with E-state index in [4.69, 9.17) is 41.2 Å². The molecule has 2 rings (SSSR count). The largest absolute Gasteiger partial charge is 0.389 e. The molecule has 0 aliphatic carbocycles. The van der Waals surface area contributed by atoms with Gasteiger partial charge in [-0.15, -0.1) is 0 Å². The van der Waals surface area contributed by atoms with Crippen LogP contribution in [0.15, 0.2) is 42.5 Å². The van der Waals surface area contributed by atoms with E-state index in [1.165, 1.54) is 0 Å². The average Bonchev–Trinajstić information content (AvgIpc) is 2.36. The Bertz CT molecular complexity index is 582. The lowest BCUT2D eigenvalue weighted by molar-refractivity contribution is 1.53. The number of nitrogens with one attached hydrogen (secondary N) is 1. The Kier molecular flexibility index (Phi) is 4.07. The molecule has 0 aliphatic heterocycles. The molecular weight excluding hydrogens is 287 g/mol. The second-order valence-corrected chi connectivity index (χ2v) is 4.89. The fourth-order valence-corrected chi connectivity index (χ4v) is 1.96. The zero-order valence-corrected chi connectivity index (χ0v) is 11.6. The summed E-state index contributed by atoms with van der Waals surface area (Å²) in [4.78, 5) is 0.377. The number of thiocarbonyl (C=S) groups is 1. The lowest BCUT2D eigenvalue weighted by Gasteiger charge is -2.09. The van der Waals surface area contributed by atoms with Crippen molar-refractivity contribution in [2.45, 2.75) is 0 Å². The van der Waals surface area contributed by atoms with E-state index in [2.05, 4.69) is 5.32 Å². The monoisotopic (exact) mass is 296 g/mol. The number of rotatable bonds is 3. The Hall–Kier alpha value is -1.29. The van der Waals surface area contributed by atoms with Crippen LogP contribution in [0.2, 0.25) is 10.0 Å². The van der Waals surface area contributed by atoms with Gasteiger partial charge in [0.1, 0.15) is 4.99 Å². The van der Waals surface area contributed by atoms with Crippen molar-refractivity contribution in [3.63, 3.8) is 0 Å². The molecule has 0 amide bonds. The van der Waals surface area contributed by atoms with Crippen LogP contribution in [0.3, 0.4) is 0 Å². The first-order valence-corrected chi connectivity index (χ1v) is 6.35. The van der Waals surface area contributed by atoms with Gasteiger partial charge < -0.3 is 11.1 Å². The van der Waals surface area contributed by atoms with Crippen LogP contribution in [0, 0.1) is 0 Å². The van der Waals surface area contributed by atoms with Gasteiger partial charge in [0.05, 0.1) is 15.7 Å². The summed E-state index contributed by atoms with van der Waals surface area (Å²) in [5, 5.41) is 4.19. The van der Waals surface area contributed by atoms with Gasteiger partial charge in [0.2, 0.25) is 0 Å². The highest BCUT2D eigenvalue weighted by Gasteiger charge is 2.04. The molecule has 0 aliphatic rings. The van der Waals surface area contributed by atoms with Gasteiger partial charge in [-0.25, -0.2) is 0 Å². The Morgan fingerprint density at radius 3 is 2.33 bits per heavy atom. The molecule has 2 aromatic rings. The maximum atomic E-state index is 6.09. The summed E-state index contributed by atoms with van der Waals surface area (Å²) in [6.07, 6.45) is 0. The van der Waals surface area contributed by atoms with Crippen molar-refractivity contribution in [1.29, 1.82) is 0 Å². The molecule has 0 aromatic heterocycles. The highest BCUT2D eigenvalue weighted by Crippen LogP contribution is 2.31. The molecule has 0 fully saturated rings. The molecule has 0 saturated heterocycles. The fourth-order valence-electron chi connectivity index (χ4n) is 1.47. The van der Waals surface area contributed by atoms with E-state index < -0.39 is 0 Å². The molecule has 5 heteroatoms. The van der Waals surface area contributed by atoms with Gasteiger partial charge in [-0.1, -0.05) is 41.5 Å². The van der Waals surface area contributed by atoms with Crippen molar-refractivity contribution in [3.8, 4) is 0 Å². The quantitative estimate of drug-likeness (QED) is 0.826. The van der Waals surface area contributed by atoms with Crippen molar-refractivity contribution in [3.05, 3.63) is 58.1 Å². The summed E-state index contributed by atoms with van der Waals surface area (Å²) in [5.74, 6) is 0. The summed E-state index contributed by atoms with van der Waals surface area (Å²) >= 11 is 16.9. The van der Waals surface area contributed by atoms with Crippen LogP contribution < -0.4 is 11.1 Å². The summed E-state index contributed by atoms with van der Waals surface area (Å²) < 4.78 is 0. The van der Waals surface area contributed by atoms with Gasteiger partial charge in [0.25, 0.3) is 0 Å². The zero-order chi connectivity index (χ0) is 13.1. The number of anilines is 2. The first-order valence-electron chi connectivity index (χ1n) is 5.19. The smallest absolute Gasteiger partial charge is 0.103 e. The number of hydrogen-bond acceptors (Lipinski definition) is 2. The highest BCUT2D eigenvalue weighted by molar-refractivity contribution is 7.80. The predicted octanol–water partition coefficient (Wildman–Crippen LogP) is 4.37. The van der Waals surface area contributed by atoms with E-state index in [1.807, 2.05) is 36.4 Å². The van der Waals surface area contributed by atoms with Crippen LogP contribution in [0.4, 0.5) is 11.4 Å². The minimum absolute atomic E-state index is 0.377. The predicted molar refractivity (Wildman–Crippen MR) is 82.1 cm³/mol. The molecular formula is C13H10Cl2N2S. The summed E-state index contributed by atoms with van der Waals surface area (Å²) in [6, 6.07) is 12.9. The number of hydrogen-bond donors (Lipinski definition) is 2. The Morgan fingerprint density at radius 2 is 1.72 bits per heavy atom. The van der Waals surface area contributed by atoms with Crippen LogP contribution in [-0.4, -0.2) is 4.99 Å². The average molecular weight is 297 g/mol. The summed E-state index contributed by atoms with van der Waals surface area (Å²) in [5.41, 5.74) is 8.00. The van der Waals surface area contributed by atoms with Gasteiger partial charge >= 0.3 is 0 Å². The van der Waals surface area contributed by atoms with E-state index in [-0.39, 0.29) is 0 Å². The molecule has 2 nitrogen and oxygen atoms in total. The molecule has 0 bridgehead atoms. The van der Waals surface area contributed by atoms with Crippen LogP contribution in [0.5, 0.6) is 0 Å². The molecule has 0 unspecified atom stereocenters. The zero-order valence-electron chi connectivity index (χ0n) is 9.28. The molecule has 0 radical (unpaired) electrons. The first-order chi connectivity index (χ1) is 8.58. The van der Waals surface area contributed by atoms with E-state index in [1.54, 1.807) is 6.07 Å². The van der Waals surface area contributed by atoms with E-state index in [0.717, 1.165) is 16.9 Å². The number of benzene rings is 2. The number of halogens is 2. The first kappa shape index (κ1) is 13.1. The van der Waals surface area contributed by atoms with Crippen LogP contribution in [0.1, 0.15) is 5.56 Å². The molecule has 18 heavy (non-hydrogen) atoms. The normalized spacial score (nSPS) is 10.1. The van der Waals surface area contributed by atoms with Gasteiger partial charge in [-0.05, 0) is 36.4 Å². The van der Waals surface area contributed by atoms with Crippen LogP contribution >= 0.6 is 35.4 Å². The molecule has 0 saturated carbocycles. The lowest BCUT2D eigenvalue weighted by atomic mass is 10.2. The maximum Gasteiger partial charge on any atom is 0.103 e. The molecule has 0 spiro atoms. The van der Waals surface area contributed by atoms with E-state index in [9.17, 15) is 0 Å². The standard InChI is InChI=1S/C13H10Cl2N2S/c14-10-2-1-3-11(12(10)15)17-9-6-4-8(5-7-9)13(16)18/h1-7,17H,(H2,16,18). The third kappa shape index (κ3) is 2.93. The molecule has 2 aromatic carbocycles. The van der Waals surface area contributed by atoms with Crippen LogP contribution in [-0.2, 0) is 0 Å². The van der Waals surface area contributed by atoms with Crippen molar-refractivity contribution < 1.29 is 0 Å². The second-order valence-electron chi connectivity index (χ2n) is 3.67. The molecule has 0 atom stereocenters. The SMILES string of the molecule is NC(=S)c1ccc(Nc2cccc(Cl)c2Cl)cc1. The topological polar surface area (TPSA) is 38.0 Å². The molecule has 0 heterocycles. The van der Waals surface area contributed by atoms with Gasteiger partial charge in [0, 0.05) is 11.3 Å². The molecule has 92 valence electrons. The van der Waals surface area contributed by atoms with Gasteiger partial charge in [-0.3, -0.25) is 0 Å².